The van der Waals surface area contributed by atoms with Crippen LogP contribution in [0, 0.1) is 21.4 Å². The first kappa shape index (κ1) is 16.9. The summed E-state index contributed by atoms with van der Waals surface area (Å²) in [6, 6.07) is 10.9. The normalized spacial score (nSPS) is 15.8. The van der Waals surface area contributed by atoms with Gasteiger partial charge in [0.15, 0.2) is 0 Å². The zero-order chi connectivity index (χ0) is 18.8. The fourth-order valence-electron chi connectivity index (χ4n) is 2.52. The summed E-state index contributed by atoms with van der Waals surface area (Å²) < 4.78 is 5.63. The molecular weight excluding hydrogens is 338 g/mol. The van der Waals surface area contributed by atoms with E-state index in [-0.39, 0.29) is 22.4 Å². The number of nitrogens with one attached hydrogen (secondary N) is 1. The summed E-state index contributed by atoms with van der Waals surface area (Å²) in [5.74, 6) is -0.665. The van der Waals surface area contributed by atoms with Crippen LogP contribution in [0.5, 0.6) is 0 Å². The lowest BCUT2D eigenvalue weighted by molar-refractivity contribution is -0.384. The van der Waals surface area contributed by atoms with E-state index in [4.69, 9.17) is 9.68 Å². The van der Waals surface area contributed by atoms with Gasteiger partial charge in [0, 0.05) is 23.3 Å². The minimum Gasteiger partial charge on any atom is -0.457 e. The Hall–Kier alpha value is -3.99. The van der Waals surface area contributed by atoms with E-state index in [2.05, 4.69) is 5.32 Å². The molecule has 2 heterocycles. The molecule has 1 aliphatic heterocycles. The fourth-order valence-corrected chi connectivity index (χ4v) is 2.52. The van der Waals surface area contributed by atoms with Gasteiger partial charge in [0.25, 0.3) is 17.5 Å². The van der Waals surface area contributed by atoms with Crippen LogP contribution >= 0.6 is 0 Å². The maximum absolute atomic E-state index is 12.0. The van der Waals surface area contributed by atoms with Crippen molar-refractivity contribution in [3.05, 3.63) is 69.0 Å². The third-order valence-corrected chi connectivity index (χ3v) is 3.84. The quantitative estimate of drug-likeness (QED) is 0.393. The topological polar surface area (TPSA) is 126 Å². The number of carbonyl (C=O) groups excluding carboxylic acids is 2. The fraction of sp³-hybridized carbons (Fsp3) is 0.0556. The molecule has 0 fully saturated rings. The van der Waals surface area contributed by atoms with Crippen LogP contribution in [0.1, 0.15) is 12.7 Å². The van der Waals surface area contributed by atoms with Gasteiger partial charge in [0.1, 0.15) is 23.2 Å². The van der Waals surface area contributed by atoms with Crippen LogP contribution in [0.4, 0.5) is 5.69 Å². The van der Waals surface area contributed by atoms with Crippen molar-refractivity contribution < 1.29 is 18.9 Å². The number of imide groups is 1. The van der Waals surface area contributed by atoms with Crippen molar-refractivity contribution in [1.29, 1.82) is 5.26 Å². The van der Waals surface area contributed by atoms with E-state index >= 15 is 0 Å². The summed E-state index contributed by atoms with van der Waals surface area (Å²) in [6.45, 7) is 1.51. The average molecular weight is 349 g/mol. The number of hydrogen-bond acceptors (Lipinski definition) is 6. The second kappa shape index (κ2) is 6.49. The number of rotatable bonds is 3. The molecule has 0 saturated carbocycles. The van der Waals surface area contributed by atoms with Crippen LogP contribution in [0.25, 0.3) is 17.4 Å². The van der Waals surface area contributed by atoms with Crippen molar-refractivity contribution in [2.75, 3.05) is 0 Å². The minimum atomic E-state index is -0.733. The van der Waals surface area contributed by atoms with Gasteiger partial charge in [-0.25, -0.2) is 0 Å². The number of carbonyl (C=O) groups is 2. The maximum Gasteiger partial charge on any atom is 0.270 e. The van der Waals surface area contributed by atoms with Crippen molar-refractivity contribution in [3.63, 3.8) is 0 Å². The summed E-state index contributed by atoms with van der Waals surface area (Å²) in [4.78, 5) is 34.0. The van der Waals surface area contributed by atoms with Crippen LogP contribution in [-0.4, -0.2) is 16.7 Å². The molecule has 0 bridgehead atoms. The van der Waals surface area contributed by atoms with Gasteiger partial charge in [-0.2, -0.15) is 5.26 Å². The van der Waals surface area contributed by atoms with Crippen LogP contribution in [0.2, 0.25) is 0 Å². The first-order chi connectivity index (χ1) is 12.4. The standard InChI is InChI=1S/C18H11N3O5/c1-10-14(17(22)20-18(23)15(10)9-19)8-13-5-6-16(26-13)11-3-2-4-12(7-11)21(24)25/h2-8H,1H3,(H,20,22,23). The zero-order valence-electron chi connectivity index (χ0n) is 13.5. The molecule has 3 rings (SSSR count). The van der Waals surface area contributed by atoms with E-state index in [9.17, 15) is 19.7 Å². The van der Waals surface area contributed by atoms with E-state index < -0.39 is 16.7 Å². The van der Waals surface area contributed by atoms with Crippen molar-refractivity contribution in [1.82, 2.24) is 5.32 Å². The Morgan fingerprint density at radius 1 is 1.23 bits per heavy atom. The molecule has 1 aromatic carbocycles. The number of nitrogens with zero attached hydrogens (tertiary/aromatic N) is 2. The van der Waals surface area contributed by atoms with Crippen molar-refractivity contribution in [2.45, 2.75) is 6.92 Å². The number of nitro groups is 1. The molecule has 0 radical (unpaired) electrons. The molecule has 26 heavy (non-hydrogen) atoms. The maximum atomic E-state index is 12.0. The smallest absolute Gasteiger partial charge is 0.270 e. The van der Waals surface area contributed by atoms with Crippen LogP contribution in [0.15, 0.2) is 57.5 Å². The highest BCUT2D eigenvalue weighted by molar-refractivity contribution is 6.19. The van der Waals surface area contributed by atoms with Crippen molar-refractivity contribution in [3.8, 4) is 17.4 Å². The lowest BCUT2D eigenvalue weighted by atomic mass is 9.96. The SMILES string of the molecule is CC1=C(C#N)C(=O)NC(=O)C1=Cc1ccc(-c2cccc([N+](=O)[O-])c2)o1. The van der Waals surface area contributed by atoms with Crippen molar-refractivity contribution in [2.24, 2.45) is 0 Å². The van der Waals surface area contributed by atoms with Gasteiger partial charge in [-0.05, 0) is 30.7 Å². The molecule has 1 N–H and O–H groups in total. The van der Waals surface area contributed by atoms with Crippen LogP contribution in [0.3, 0.4) is 0 Å². The second-order valence-electron chi connectivity index (χ2n) is 5.46. The third-order valence-electron chi connectivity index (χ3n) is 3.84. The number of furan rings is 1. The lowest BCUT2D eigenvalue weighted by Gasteiger charge is -2.15. The third kappa shape index (κ3) is 3.01. The molecular formula is C18H11N3O5. The monoisotopic (exact) mass is 349 g/mol. The Labute approximate surface area is 147 Å². The van der Waals surface area contributed by atoms with E-state index in [1.165, 1.54) is 25.1 Å². The molecule has 2 aromatic rings. The van der Waals surface area contributed by atoms with Gasteiger partial charge >= 0.3 is 0 Å². The first-order valence-electron chi connectivity index (χ1n) is 7.44. The Bertz CT molecular complexity index is 1050. The molecule has 8 heteroatoms. The van der Waals surface area contributed by atoms with Gasteiger partial charge in [-0.3, -0.25) is 25.0 Å². The van der Waals surface area contributed by atoms with E-state index in [0.29, 0.717) is 17.1 Å². The Balaban J connectivity index is 1.99. The molecule has 0 spiro atoms. The van der Waals surface area contributed by atoms with E-state index in [1.54, 1.807) is 30.3 Å². The summed E-state index contributed by atoms with van der Waals surface area (Å²) in [5.41, 5.74) is 0.704. The number of nitriles is 1. The number of benzene rings is 1. The first-order valence-corrected chi connectivity index (χ1v) is 7.44. The number of amides is 2. The largest absolute Gasteiger partial charge is 0.457 e. The summed E-state index contributed by atoms with van der Waals surface area (Å²) in [5, 5.41) is 22.0. The molecule has 1 aromatic heterocycles. The van der Waals surface area contributed by atoms with Crippen LogP contribution < -0.4 is 5.32 Å². The molecule has 0 aliphatic carbocycles. The van der Waals surface area contributed by atoms with E-state index in [1.807, 2.05) is 0 Å². The molecule has 0 unspecified atom stereocenters. The average Bonchev–Trinajstić information content (AvgIpc) is 3.07. The number of hydrogen-bond donors (Lipinski definition) is 1. The Morgan fingerprint density at radius 2 is 2.00 bits per heavy atom. The zero-order valence-corrected chi connectivity index (χ0v) is 13.5. The highest BCUT2D eigenvalue weighted by Gasteiger charge is 2.27. The second-order valence-corrected chi connectivity index (χ2v) is 5.46. The van der Waals surface area contributed by atoms with Gasteiger partial charge in [-0.1, -0.05) is 12.1 Å². The van der Waals surface area contributed by atoms with E-state index in [0.717, 1.165) is 0 Å². The highest BCUT2D eigenvalue weighted by Crippen LogP contribution is 2.28. The highest BCUT2D eigenvalue weighted by atomic mass is 16.6. The molecule has 0 saturated heterocycles. The Kier molecular flexibility index (Phi) is 4.21. The Morgan fingerprint density at radius 3 is 2.69 bits per heavy atom. The van der Waals surface area contributed by atoms with Gasteiger partial charge in [-0.15, -0.1) is 0 Å². The molecule has 128 valence electrons. The summed E-state index contributed by atoms with van der Waals surface area (Å²) in [6.07, 6.45) is 1.41. The number of nitro benzene ring substituents is 1. The summed E-state index contributed by atoms with van der Waals surface area (Å²) in [7, 11) is 0. The van der Waals surface area contributed by atoms with Crippen LogP contribution in [-0.2, 0) is 9.59 Å². The van der Waals surface area contributed by atoms with Gasteiger partial charge in [0.2, 0.25) is 0 Å². The summed E-state index contributed by atoms with van der Waals surface area (Å²) >= 11 is 0. The van der Waals surface area contributed by atoms with Gasteiger partial charge < -0.3 is 4.42 Å². The van der Waals surface area contributed by atoms with Crippen molar-refractivity contribution >= 4 is 23.6 Å². The predicted molar refractivity (Wildman–Crippen MR) is 90.2 cm³/mol. The molecule has 8 nitrogen and oxygen atoms in total. The molecule has 0 atom stereocenters. The predicted octanol–water partition coefficient (Wildman–Crippen LogP) is 2.73. The number of non-ortho nitro benzene ring substituents is 1. The molecule has 2 amide bonds. The lowest BCUT2D eigenvalue weighted by Crippen LogP contribution is -2.37. The van der Waals surface area contributed by atoms with Gasteiger partial charge in [0.05, 0.1) is 4.92 Å². The molecule has 1 aliphatic rings. The minimum absolute atomic E-state index is 0.0681.